The van der Waals surface area contributed by atoms with E-state index in [1.165, 1.54) is 0 Å². The van der Waals surface area contributed by atoms with Crippen LogP contribution in [0.5, 0.6) is 5.75 Å². The van der Waals surface area contributed by atoms with E-state index in [-0.39, 0.29) is 5.91 Å². The zero-order chi connectivity index (χ0) is 14.3. The van der Waals surface area contributed by atoms with Crippen molar-refractivity contribution in [3.8, 4) is 5.75 Å². The maximum Gasteiger partial charge on any atom is 0.251 e. The molecule has 1 aromatic rings. The van der Waals surface area contributed by atoms with E-state index in [4.69, 9.17) is 10.5 Å². The Balaban J connectivity index is 2.56. The highest BCUT2D eigenvalue weighted by Crippen LogP contribution is 2.18. The van der Waals surface area contributed by atoms with E-state index in [1.54, 1.807) is 18.2 Å². The smallest absolute Gasteiger partial charge is 0.251 e. The van der Waals surface area contributed by atoms with Gasteiger partial charge in [-0.2, -0.15) is 0 Å². The first-order chi connectivity index (χ1) is 9.02. The fourth-order valence-corrected chi connectivity index (χ4v) is 1.82. The van der Waals surface area contributed by atoms with Gasteiger partial charge in [0, 0.05) is 23.9 Å². The molecule has 4 nitrogen and oxygen atoms in total. The number of nitrogen functional groups attached to an aromatic ring is 1. The van der Waals surface area contributed by atoms with E-state index in [9.17, 15) is 4.79 Å². The van der Waals surface area contributed by atoms with E-state index < -0.39 is 0 Å². The predicted octanol–water partition coefficient (Wildman–Crippen LogP) is 2.83. The molecule has 0 radical (unpaired) electrons. The van der Waals surface area contributed by atoms with Crippen molar-refractivity contribution < 1.29 is 9.53 Å². The Kier molecular flexibility index (Phi) is 6.19. The summed E-state index contributed by atoms with van der Waals surface area (Å²) in [5, 5.41) is 2.90. The van der Waals surface area contributed by atoms with E-state index >= 15 is 0 Å². The molecule has 0 aromatic heterocycles. The Morgan fingerprint density at radius 1 is 1.37 bits per heavy atom. The van der Waals surface area contributed by atoms with Gasteiger partial charge in [-0.15, -0.1) is 0 Å². The van der Waals surface area contributed by atoms with Crippen LogP contribution in [0.2, 0.25) is 0 Å². The summed E-state index contributed by atoms with van der Waals surface area (Å²) in [4.78, 5) is 12.0. The second kappa shape index (κ2) is 7.67. The molecule has 0 unspecified atom stereocenters. The number of carbonyl (C=O) groups is 1. The second-order valence-electron chi connectivity index (χ2n) is 5.02. The van der Waals surface area contributed by atoms with Crippen molar-refractivity contribution in [2.75, 3.05) is 18.9 Å². The molecular weight excluding hydrogens is 240 g/mol. The number of amides is 1. The topological polar surface area (TPSA) is 64.3 Å². The minimum atomic E-state index is -0.1000. The number of carbonyl (C=O) groups excluding carboxylic acids is 1. The largest absolute Gasteiger partial charge is 0.494 e. The minimum Gasteiger partial charge on any atom is -0.494 e. The third kappa shape index (κ3) is 5.64. The molecule has 0 bridgehead atoms. The molecule has 0 fully saturated rings. The summed E-state index contributed by atoms with van der Waals surface area (Å²) in [5.74, 6) is 1.20. The summed E-state index contributed by atoms with van der Waals surface area (Å²) >= 11 is 0. The van der Waals surface area contributed by atoms with Gasteiger partial charge >= 0.3 is 0 Å². The van der Waals surface area contributed by atoms with E-state index in [1.807, 2.05) is 6.92 Å². The number of anilines is 1. The Morgan fingerprint density at radius 3 is 2.74 bits per heavy atom. The Bertz CT molecular complexity index is 417. The molecule has 1 amide bonds. The normalized spacial score (nSPS) is 10.5. The quantitative estimate of drug-likeness (QED) is 0.588. The van der Waals surface area contributed by atoms with Gasteiger partial charge in [0.1, 0.15) is 5.75 Å². The Morgan fingerprint density at radius 2 is 2.11 bits per heavy atom. The van der Waals surface area contributed by atoms with Crippen LogP contribution in [0, 0.1) is 5.92 Å². The van der Waals surface area contributed by atoms with Gasteiger partial charge in [0.2, 0.25) is 0 Å². The van der Waals surface area contributed by atoms with Gasteiger partial charge in [-0.25, -0.2) is 0 Å². The van der Waals surface area contributed by atoms with E-state index in [0.717, 1.165) is 12.8 Å². The molecule has 1 aromatic carbocycles. The summed E-state index contributed by atoms with van der Waals surface area (Å²) in [7, 11) is 0. The molecule has 0 saturated heterocycles. The first kappa shape index (κ1) is 15.3. The molecule has 19 heavy (non-hydrogen) atoms. The number of nitrogens with two attached hydrogens (primary N) is 1. The van der Waals surface area contributed by atoms with Gasteiger partial charge in [0.25, 0.3) is 5.91 Å². The van der Waals surface area contributed by atoms with Crippen LogP contribution < -0.4 is 15.8 Å². The summed E-state index contributed by atoms with van der Waals surface area (Å²) in [6.07, 6.45) is 2.10. The molecule has 0 spiro atoms. The molecular formula is C15H24N2O2. The average molecular weight is 264 g/mol. The zero-order valence-electron chi connectivity index (χ0n) is 12.0. The first-order valence-corrected chi connectivity index (χ1v) is 6.84. The summed E-state index contributed by atoms with van der Waals surface area (Å²) in [6, 6.07) is 5.11. The molecule has 4 heteroatoms. The van der Waals surface area contributed by atoms with Gasteiger partial charge in [-0.3, -0.25) is 4.79 Å². The first-order valence-electron chi connectivity index (χ1n) is 6.84. The van der Waals surface area contributed by atoms with Crippen molar-refractivity contribution >= 4 is 11.6 Å². The lowest BCUT2D eigenvalue weighted by Gasteiger charge is -2.09. The average Bonchev–Trinajstić information content (AvgIpc) is 2.34. The molecule has 106 valence electrons. The van der Waals surface area contributed by atoms with Crippen molar-refractivity contribution in [3.63, 3.8) is 0 Å². The lowest BCUT2D eigenvalue weighted by atomic mass is 10.1. The maximum absolute atomic E-state index is 12.0. The highest BCUT2D eigenvalue weighted by molar-refractivity contribution is 5.95. The lowest BCUT2D eigenvalue weighted by Crippen LogP contribution is -2.24. The number of hydrogen-bond donors (Lipinski definition) is 2. The number of hydrogen-bond acceptors (Lipinski definition) is 3. The third-order valence-corrected chi connectivity index (χ3v) is 2.75. The summed E-state index contributed by atoms with van der Waals surface area (Å²) in [5.41, 5.74) is 6.85. The van der Waals surface area contributed by atoms with Crippen LogP contribution in [-0.4, -0.2) is 19.1 Å². The number of nitrogens with one attached hydrogen (secondary N) is 1. The van der Waals surface area contributed by atoms with Crippen LogP contribution >= 0.6 is 0 Å². The van der Waals surface area contributed by atoms with Crippen molar-refractivity contribution in [2.45, 2.75) is 33.6 Å². The zero-order valence-corrected chi connectivity index (χ0v) is 12.0. The Labute approximate surface area is 115 Å². The van der Waals surface area contributed by atoms with Crippen LogP contribution in [0.3, 0.4) is 0 Å². The van der Waals surface area contributed by atoms with E-state index in [0.29, 0.717) is 36.1 Å². The van der Waals surface area contributed by atoms with Crippen LogP contribution in [0.4, 0.5) is 5.69 Å². The number of benzene rings is 1. The third-order valence-electron chi connectivity index (χ3n) is 2.75. The maximum atomic E-state index is 12.0. The molecule has 0 atom stereocenters. The molecule has 0 aliphatic carbocycles. The fraction of sp³-hybridized carbons (Fsp3) is 0.533. The molecule has 0 saturated carbocycles. The highest BCUT2D eigenvalue weighted by Gasteiger charge is 2.08. The molecule has 0 aliphatic heterocycles. The van der Waals surface area contributed by atoms with Gasteiger partial charge < -0.3 is 15.8 Å². The number of rotatable bonds is 7. The summed E-state index contributed by atoms with van der Waals surface area (Å²) in [6.45, 7) is 7.49. The van der Waals surface area contributed by atoms with Gasteiger partial charge in [0.05, 0.1) is 6.61 Å². The molecule has 0 heterocycles. The Hall–Kier alpha value is -1.71. The van der Waals surface area contributed by atoms with E-state index in [2.05, 4.69) is 19.2 Å². The molecule has 3 N–H and O–H groups in total. The monoisotopic (exact) mass is 264 g/mol. The second-order valence-corrected chi connectivity index (χ2v) is 5.02. The van der Waals surface area contributed by atoms with Gasteiger partial charge in [-0.05, 0) is 37.8 Å². The van der Waals surface area contributed by atoms with Crippen LogP contribution in [-0.2, 0) is 0 Å². The SMILES string of the molecule is CCOc1cc(N)cc(C(=O)NCCCC(C)C)c1. The lowest BCUT2D eigenvalue weighted by molar-refractivity contribution is 0.0952. The molecule has 0 aliphatic rings. The van der Waals surface area contributed by atoms with Gasteiger partial charge in [0.15, 0.2) is 0 Å². The standard InChI is InChI=1S/C15H24N2O2/c1-4-19-14-9-12(8-13(16)10-14)15(18)17-7-5-6-11(2)3/h8-11H,4-7,16H2,1-3H3,(H,17,18). The van der Waals surface area contributed by atoms with Gasteiger partial charge in [-0.1, -0.05) is 13.8 Å². The van der Waals surface area contributed by atoms with Crippen molar-refractivity contribution in [3.05, 3.63) is 23.8 Å². The molecule has 1 rings (SSSR count). The highest BCUT2D eigenvalue weighted by atomic mass is 16.5. The van der Waals surface area contributed by atoms with Crippen LogP contribution in [0.1, 0.15) is 44.0 Å². The van der Waals surface area contributed by atoms with Crippen molar-refractivity contribution in [1.82, 2.24) is 5.32 Å². The fourth-order valence-electron chi connectivity index (χ4n) is 1.82. The van der Waals surface area contributed by atoms with Crippen LogP contribution in [0.15, 0.2) is 18.2 Å². The van der Waals surface area contributed by atoms with Crippen LogP contribution in [0.25, 0.3) is 0 Å². The number of ether oxygens (including phenoxy) is 1. The predicted molar refractivity (Wildman–Crippen MR) is 78.4 cm³/mol. The minimum absolute atomic E-state index is 0.1000. The van der Waals surface area contributed by atoms with Crippen molar-refractivity contribution in [2.24, 2.45) is 5.92 Å². The summed E-state index contributed by atoms with van der Waals surface area (Å²) < 4.78 is 5.37. The van der Waals surface area contributed by atoms with Crippen molar-refractivity contribution in [1.29, 1.82) is 0 Å².